The summed E-state index contributed by atoms with van der Waals surface area (Å²) < 4.78 is 6.22. The quantitative estimate of drug-likeness (QED) is 0.629. The van der Waals surface area contributed by atoms with Crippen molar-refractivity contribution >= 4 is 0 Å². The van der Waals surface area contributed by atoms with Gasteiger partial charge < -0.3 is 9.64 Å². The molecular formula is C26H34N2O. The summed E-state index contributed by atoms with van der Waals surface area (Å²) in [5, 5.41) is 0. The third-order valence-electron chi connectivity index (χ3n) is 7.11. The number of piperidine rings is 1. The fourth-order valence-electron chi connectivity index (χ4n) is 5.61. The first kappa shape index (κ1) is 19.1. The van der Waals surface area contributed by atoms with Gasteiger partial charge in [-0.1, -0.05) is 42.8 Å². The number of hydrogen-bond donors (Lipinski definition) is 0. The highest BCUT2D eigenvalue weighted by atomic mass is 16.5. The molecule has 3 aliphatic heterocycles. The first-order valence-corrected chi connectivity index (χ1v) is 11.7. The fourth-order valence-corrected chi connectivity index (χ4v) is 5.61. The first-order chi connectivity index (χ1) is 14.4. The molecule has 5 rings (SSSR count). The van der Waals surface area contributed by atoms with Crippen LogP contribution >= 0.6 is 0 Å². The van der Waals surface area contributed by atoms with Crippen LogP contribution in [0.4, 0.5) is 0 Å². The van der Waals surface area contributed by atoms with Crippen molar-refractivity contribution in [2.24, 2.45) is 0 Å². The molecule has 3 aliphatic rings. The predicted molar refractivity (Wildman–Crippen MR) is 119 cm³/mol. The summed E-state index contributed by atoms with van der Waals surface area (Å²) in [6.45, 7) is 6.92. The lowest BCUT2D eigenvalue weighted by Crippen LogP contribution is -2.34. The van der Waals surface area contributed by atoms with Gasteiger partial charge in [-0.25, -0.2) is 0 Å². The molecule has 0 amide bonds. The van der Waals surface area contributed by atoms with Crippen LogP contribution < -0.4 is 4.74 Å². The van der Waals surface area contributed by atoms with E-state index in [4.69, 9.17) is 4.74 Å². The lowest BCUT2D eigenvalue weighted by molar-refractivity contribution is 0.204. The number of rotatable bonds is 6. The van der Waals surface area contributed by atoms with Gasteiger partial charge in [0.05, 0.1) is 6.61 Å². The van der Waals surface area contributed by atoms with Crippen LogP contribution in [0.15, 0.2) is 48.5 Å². The summed E-state index contributed by atoms with van der Waals surface area (Å²) in [5.41, 5.74) is 4.46. The van der Waals surface area contributed by atoms with Crippen LogP contribution in [0.1, 0.15) is 67.2 Å². The maximum Gasteiger partial charge on any atom is 0.119 e. The number of fused-ring (bicyclic) bond motifs is 3. The molecule has 2 fully saturated rings. The van der Waals surface area contributed by atoms with Crippen molar-refractivity contribution in [3.05, 3.63) is 65.2 Å². The van der Waals surface area contributed by atoms with Gasteiger partial charge in [0.25, 0.3) is 0 Å². The summed E-state index contributed by atoms with van der Waals surface area (Å²) in [4.78, 5) is 5.29. The molecule has 0 spiro atoms. The minimum atomic E-state index is 0.456. The van der Waals surface area contributed by atoms with Gasteiger partial charge in [0, 0.05) is 25.0 Å². The Bertz CT molecular complexity index is 800. The Morgan fingerprint density at radius 2 is 1.72 bits per heavy atom. The van der Waals surface area contributed by atoms with E-state index in [1.54, 1.807) is 0 Å². The Hall–Kier alpha value is -1.84. The van der Waals surface area contributed by atoms with E-state index < -0.39 is 0 Å². The van der Waals surface area contributed by atoms with Crippen molar-refractivity contribution in [3.63, 3.8) is 0 Å². The van der Waals surface area contributed by atoms with E-state index in [1.807, 2.05) is 0 Å². The highest BCUT2D eigenvalue weighted by molar-refractivity contribution is 5.46. The smallest absolute Gasteiger partial charge is 0.119 e. The second-order valence-corrected chi connectivity index (χ2v) is 9.01. The van der Waals surface area contributed by atoms with Gasteiger partial charge in [-0.15, -0.1) is 0 Å². The van der Waals surface area contributed by atoms with Crippen molar-refractivity contribution in [1.29, 1.82) is 0 Å². The van der Waals surface area contributed by atoms with E-state index in [2.05, 4.69) is 58.3 Å². The van der Waals surface area contributed by atoms with Crippen molar-refractivity contribution in [2.75, 3.05) is 39.3 Å². The molecule has 0 saturated carbocycles. The Morgan fingerprint density at radius 1 is 0.862 bits per heavy atom. The van der Waals surface area contributed by atoms with Gasteiger partial charge in [0.1, 0.15) is 5.75 Å². The zero-order chi connectivity index (χ0) is 19.5. The Kier molecular flexibility index (Phi) is 5.87. The summed E-state index contributed by atoms with van der Waals surface area (Å²) in [7, 11) is 0. The van der Waals surface area contributed by atoms with Crippen LogP contribution in [-0.4, -0.2) is 49.1 Å². The predicted octanol–water partition coefficient (Wildman–Crippen LogP) is 5.22. The molecule has 0 aromatic heterocycles. The highest BCUT2D eigenvalue weighted by Crippen LogP contribution is 2.45. The molecule has 0 radical (unpaired) electrons. The molecular weight excluding hydrogens is 356 g/mol. The van der Waals surface area contributed by atoms with E-state index >= 15 is 0 Å². The van der Waals surface area contributed by atoms with Crippen LogP contribution in [0.3, 0.4) is 0 Å². The van der Waals surface area contributed by atoms with Gasteiger partial charge in [0.15, 0.2) is 0 Å². The molecule has 29 heavy (non-hydrogen) atoms. The van der Waals surface area contributed by atoms with Crippen LogP contribution in [-0.2, 0) is 0 Å². The molecule has 3 heteroatoms. The average molecular weight is 391 g/mol. The number of nitrogens with zero attached hydrogens (tertiary/aromatic N) is 2. The number of hydrogen-bond acceptors (Lipinski definition) is 3. The Labute approximate surface area is 175 Å². The first-order valence-electron chi connectivity index (χ1n) is 11.7. The lowest BCUT2D eigenvalue weighted by Gasteiger charge is -2.37. The monoisotopic (exact) mass is 390 g/mol. The maximum atomic E-state index is 6.22. The molecule has 2 saturated heterocycles. The molecule has 3 nitrogen and oxygen atoms in total. The molecule has 0 bridgehead atoms. The summed E-state index contributed by atoms with van der Waals surface area (Å²) in [6, 6.07) is 18.6. The van der Waals surface area contributed by atoms with Crippen LogP contribution in [0.25, 0.3) is 0 Å². The largest absolute Gasteiger partial charge is 0.494 e. The molecule has 0 aliphatic carbocycles. The van der Waals surface area contributed by atoms with Gasteiger partial charge >= 0.3 is 0 Å². The van der Waals surface area contributed by atoms with Gasteiger partial charge in [-0.3, -0.25) is 4.90 Å². The average Bonchev–Trinajstić information content (AvgIpc) is 3.26. The summed E-state index contributed by atoms with van der Waals surface area (Å²) in [5.74, 6) is 1.51. The van der Waals surface area contributed by atoms with E-state index in [0.29, 0.717) is 12.0 Å². The van der Waals surface area contributed by atoms with E-state index in [0.717, 1.165) is 25.3 Å². The number of ether oxygens (including phenoxy) is 1. The lowest BCUT2D eigenvalue weighted by atomic mass is 9.81. The van der Waals surface area contributed by atoms with E-state index in [-0.39, 0.29) is 0 Å². The summed E-state index contributed by atoms with van der Waals surface area (Å²) >= 11 is 0. The normalized spacial score (nSPS) is 24.8. The maximum absolute atomic E-state index is 6.22. The van der Waals surface area contributed by atoms with E-state index in [1.165, 1.54) is 75.0 Å². The zero-order valence-electron chi connectivity index (χ0n) is 17.6. The molecule has 2 aromatic rings. The Morgan fingerprint density at radius 3 is 2.59 bits per heavy atom. The van der Waals surface area contributed by atoms with Crippen molar-refractivity contribution in [2.45, 2.75) is 50.5 Å². The summed E-state index contributed by atoms with van der Waals surface area (Å²) in [6.07, 6.45) is 7.87. The minimum absolute atomic E-state index is 0.456. The molecule has 3 heterocycles. The van der Waals surface area contributed by atoms with Gasteiger partial charge in [-0.2, -0.15) is 0 Å². The van der Waals surface area contributed by atoms with Gasteiger partial charge in [0.2, 0.25) is 0 Å². The van der Waals surface area contributed by atoms with Crippen molar-refractivity contribution in [1.82, 2.24) is 9.80 Å². The van der Waals surface area contributed by atoms with Crippen LogP contribution in [0.2, 0.25) is 0 Å². The standard InChI is InChI=1S/C26H34N2O/c1-3-9-21(10-4-1)25-20-28-17-7-11-26(28)23-13-12-22(19-24(23)25)29-18-8-16-27-14-5-2-6-15-27/h1,3-4,9-10,12-13,19,25-26H,2,5-8,11,14-18,20H2/t25-,26+/m0/s1. The van der Waals surface area contributed by atoms with Crippen LogP contribution in [0, 0.1) is 0 Å². The molecule has 0 unspecified atom stereocenters. The van der Waals surface area contributed by atoms with Crippen molar-refractivity contribution < 1.29 is 4.74 Å². The molecule has 2 atom stereocenters. The number of likely N-dealkylation sites (tertiary alicyclic amines) is 1. The topological polar surface area (TPSA) is 15.7 Å². The highest BCUT2D eigenvalue weighted by Gasteiger charge is 2.36. The second-order valence-electron chi connectivity index (χ2n) is 9.01. The fraction of sp³-hybridized carbons (Fsp3) is 0.538. The zero-order valence-corrected chi connectivity index (χ0v) is 17.6. The van der Waals surface area contributed by atoms with Crippen LogP contribution in [0.5, 0.6) is 5.75 Å². The molecule has 154 valence electrons. The second kappa shape index (κ2) is 8.89. The number of benzene rings is 2. The Balaban J connectivity index is 1.30. The minimum Gasteiger partial charge on any atom is -0.494 e. The van der Waals surface area contributed by atoms with Gasteiger partial charge in [-0.05, 0) is 80.6 Å². The molecule has 0 N–H and O–H groups in total. The molecule has 2 aromatic carbocycles. The third kappa shape index (κ3) is 4.22. The third-order valence-corrected chi connectivity index (χ3v) is 7.11. The van der Waals surface area contributed by atoms with Crippen molar-refractivity contribution in [3.8, 4) is 5.75 Å². The SMILES string of the molecule is c1ccc([C@@H]2CN3CCC[C@@H]3c3ccc(OCCCN4CCCCC4)cc32)cc1. The van der Waals surface area contributed by atoms with E-state index in [9.17, 15) is 0 Å².